The highest BCUT2D eigenvalue weighted by atomic mass is 19.1. The molecule has 2 rings (SSSR count). The molecule has 104 valence electrons. The summed E-state index contributed by atoms with van der Waals surface area (Å²) in [4.78, 5) is 12.0. The van der Waals surface area contributed by atoms with Crippen LogP contribution in [0.3, 0.4) is 0 Å². The molecule has 3 N–H and O–H groups in total. The molecule has 1 unspecified atom stereocenters. The number of hydrogen-bond acceptors (Lipinski definition) is 3. The molecule has 0 saturated carbocycles. The van der Waals surface area contributed by atoms with Gasteiger partial charge in [0, 0.05) is 18.3 Å². The van der Waals surface area contributed by atoms with E-state index in [9.17, 15) is 9.18 Å². The maximum Gasteiger partial charge on any atom is 0.254 e. The molecule has 1 aliphatic heterocycles. The summed E-state index contributed by atoms with van der Waals surface area (Å²) < 4.78 is 19.2. The largest absolute Gasteiger partial charge is 0.399 e. The average molecular weight is 266 g/mol. The van der Waals surface area contributed by atoms with Gasteiger partial charge in [0.25, 0.3) is 5.91 Å². The third-order valence-corrected chi connectivity index (χ3v) is 3.27. The number of amides is 1. The number of ether oxygens (including phenoxy) is 1. The van der Waals surface area contributed by atoms with Crippen LogP contribution < -0.4 is 11.1 Å². The number of anilines is 1. The van der Waals surface area contributed by atoms with Crippen LogP contribution in [0.15, 0.2) is 18.2 Å². The topological polar surface area (TPSA) is 64.4 Å². The smallest absolute Gasteiger partial charge is 0.254 e. The molecular weight excluding hydrogens is 247 g/mol. The number of nitrogens with two attached hydrogens (primary N) is 1. The number of hydrogen-bond donors (Lipinski definition) is 2. The molecular formula is C14H19FN2O2. The van der Waals surface area contributed by atoms with Gasteiger partial charge in [-0.05, 0) is 44.9 Å². The summed E-state index contributed by atoms with van der Waals surface area (Å²) in [5.41, 5.74) is 5.68. The molecule has 1 fully saturated rings. The van der Waals surface area contributed by atoms with Crippen LogP contribution in [0.1, 0.15) is 37.0 Å². The van der Waals surface area contributed by atoms with E-state index in [1.165, 1.54) is 18.2 Å². The quantitative estimate of drug-likeness (QED) is 0.806. The van der Waals surface area contributed by atoms with Crippen molar-refractivity contribution in [2.24, 2.45) is 0 Å². The minimum absolute atomic E-state index is 0.00270. The summed E-state index contributed by atoms with van der Waals surface area (Å²) in [5.74, 6) is -0.981. The van der Waals surface area contributed by atoms with Gasteiger partial charge >= 0.3 is 0 Å². The predicted molar refractivity (Wildman–Crippen MR) is 71.3 cm³/mol. The van der Waals surface area contributed by atoms with Crippen molar-refractivity contribution in [3.63, 3.8) is 0 Å². The van der Waals surface area contributed by atoms with Gasteiger partial charge in [-0.15, -0.1) is 0 Å². The number of rotatable bonds is 2. The van der Waals surface area contributed by atoms with E-state index in [0.717, 1.165) is 6.42 Å². The Balaban J connectivity index is 2.06. The Kier molecular flexibility index (Phi) is 3.75. The SMILES string of the molecule is CC1(C)CC(NC(=O)c2cc(N)ccc2F)CCO1. The third-order valence-electron chi connectivity index (χ3n) is 3.27. The second-order valence-corrected chi connectivity index (χ2v) is 5.51. The lowest BCUT2D eigenvalue weighted by molar-refractivity contribution is -0.0615. The first kappa shape index (κ1) is 13.8. The first-order valence-corrected chi connectivity index (χ1v) is 6.37. The summed E-state index contributed by atoms with van der Waals surface area (Å²) in [5, 5.41) is 2.84. The molecule has 1 aromatic rings. The monoisotopic (exact) mass is 266 g/mol. The summed E-state index contributed by atoms with van der Waals surface area (Å²) in [6, 6.07) is 3.99. The molecule has 19 heavy (non-hydrogen) atoms. The molecule has 1 saturated heterocycles. The Bertz CT molecular complexity index is 488. The van der Waals surface area contributed by atoms with E-state index in [-0.39, 0.29) is 17.2 Å². The van der Waals surface area contributed by atoms with Gasteiger partial charge in [-0.25, -0.2) is 4.39 Å². The fourth-order valence-corrected chi connectivity index (χ4v) is 2.34. The Morgan fingerprint density at radius 2 is 2.26 bits per heavy atom. The van der Waals surface area contributed by atoms with Gasteiger partial charge in [0.05, 0.1) is 11.2 Å². The Morgan fingerprint density at radius 1 is 1.53 bits per heavy atom. The van der Waals surface area contributed by atoms with Crippen molar-refractivity contribution in [1.29, 1.82) is 0 Å². The van der Waals surface area contributed by atoms with Gasteiger partial charge in [-0.3, -0.25) is 4.79 Å². The van der Waals surface area contributed by atoms with Gasteiger partial charge < -0.3 is 15.8 Å². The lowest BCUT2D eigenvalue weighted by Gasteiger charge is -2.35. The van der Waals surface area contributed by atoms with E-state index in [0.29, 0.717) is 18.7 Å². The Labute approximate surface area is 112 Å². The van der Waals surface area contributed by atoms with Gasteiger partial charge in [-0.1, -0.05) is 0 Å². The molecule has 1 aliphatic rings. The zero-order valence-corrected chi connectivity index (χ0v) is 11.2. The van der Waals surface area contributed by atoms with Gasteiger partial charge in [0.1, 0.15) is 5.82 Å². The zero-order chi connectivity index (χ0) is 14.0. The molecule has 0 radical (unpaired) electrons. The van der Waals surface area contributed by atoms with Crippen LogP contribution in [0, 0.1) is 5.82 Å². The standard InChI is InChI=1S/C14H19FN2O2/c1-14(2)8-10(5-6-19-14)17-13(18)11-7-9(16)3-4-12(11)15/h3-4,7,10H,5-6,8,16H2,1-2H3,(H,17,18). The minimum atomic E-state index is -0.557. The van der Waals surface area contributed by atoms with E-state index >= 15 is 0 Å². The van der Waals surface area contributed by atoms with Crippen molar-refractivity contribution in [2.75, 3.05) is 12.3 Å². The van der Waals surface area contributed by atoms with Crippen LogP contribution >= 0.6 is 0 Å². The average Bonchev–Trinajstić information content (AvgIpc) is 2.31. The van der Waals surface area contributed by atoms with Crippen LogP contribution in [-0.2, 0) is 4.74 Å². The van der Waals surface area contributed by atoms with Crippen molar-refractivity contribution in [1.82, 2.24) is 5.32 Å². The minimum Gasteiger partial charge on any atom is -0.399 e. The van der Waals surface area contributed by atoms with Crippen molar-refractivity contribution in [3.8, 4) is 0 Å². The van der Waals surface area contributed by atoms with Crippen LogP contribution in [0.2, 0.25) is 0 Å². The first-order valence-electron chi connectivity index (χ1n) is 6.37. The third kappa shape index (κ3) is 3.44. The van der Waals surface area contributed by atoms with Gasteiger partial charge in [0.2, 0.25) is 0 Å². The summed E-state index contributed by atoms with van der Waals surface area (Å²) in [6.07, 6.45) is 1.45. The predicted octanol–water partition coefficient (Wildman–Crippen LogP) is 2.10. The maximum absolute atomic E-state index is 13.6. The van der Waals surface area contributed by atoms with E-state index in [1.807, 2.05) is 13.8 Å². The zero-order valence-electron chi connectivity index (χ0n) is 11.2. The summed E-state index contributed by atoms with van der Waals surface area (Å²) in [6.45, 7) is 4.55. The molecule has 5 heteroatoms. The van der Waals surface area contributed by atoms with E-state index in [4.69, 9.17) is 10.5 Å². The number of halogens is 1. The normalized spacial score (nSPS) is 21.9. The van der Waals surface area contributed by atoms with Crippen molar-refractivity contribution < 1.29 is 13.9 Å². The van der Waals surface area contributed by atoms with Gasteiger partial charge in [-0.2, -0.15) is 0 Å². The van der Waals surface area contributed by atoms with Crippen LogP contribution in [0.25, 0.3) is 0 Å². The maximum atomic E-state index is 13.6. The van der Waals surface area contributed by atoms with Gasteiger partial charge in [0.15, 0.2) is 0 Å². The molecule has 0 spiro atoms. The number of nitrogens with one attached hydrogen (secondary N) is 1. The molecule has 1 atom stereocenters. The molecule has 4 nitrogen and oxygen atoms in total. The highest BCUT2D eigenvalue weighted by Crippen LogP contribution is 2.24. The molecule has 1 heterocycles. The second kappa shape index (κ2) is 5.17. The van der Waals surface area contributed by atoms with Crippen LogP contribution in [0.5, 0.6) is 0 Å². The molecule has 1 aromatic carbocycles. The number of nitrogen functional groups attached to an aromatic ring is 1. The highest BCUT2D eigenvalue weighted by molar-refractivity contribution is 5.95. The Morgan fingerprint density at radius 3 is 2.95 bits per heavy atom. The van der Waals surface area contributed by atoms with Crippen LogP contribution in [-0.4, -0.2) is 24.2 Å². The van der Waals surface area contributed by atoms with Crippen LogP contribution in [0.4, 0.5) is 10.1 Å². The van der Waals surface area contributed by atoms with E-state index < -0.39 is 11.7 Å². The summed E-state index contributed by atoms with van der Waals surface area (Å²) in [7, 11) is 0. The number of carbonyl (C=O) groups is 1. The highest BCUT2D eigenvalue weighted by Gasteiger charge is 2.30. The Hall–Kier alpha value is -1.62. The number of benzene rings is 1. The molecule has 0 aromatic heterocycles. The fourth-order valence-electron chi connectivity index (χ4n) is 2.34. The lowest BCUT2D eigenvalue weighted by Crippen LogP contribution is -2.46. The van der Waals surface area contributed by atoms with E-state index in [2.05, 4.69) is 5.32 Å². The van der Waals surface area contributed by atoms with E-state index in [1.54, 1.807) is 0 Å². The number of carbonyl (C=O) groups excluding carboxylic acids is 1. The first-order chi connectivity index (χ1) is 8.87. The molecule has 0 bridgehead atoms. The second-order valence-electron chi connectivity index (χ2n) is 5.51. The fraction of sp³-hybridized carbons (Fsp3) is 0.500. The molecule has 0 aliphatic carbocycles. The lowest BCUT2D eigenvalue weighted by atomic mass is 9.93. The molecule has 1 amide bonds. The van der Waals surface area contributed by atoms with Crippen molar-refractivity contribution in [2.45, 2.75) is 38.3 Å². The van der Waals surface area contributed by atoms with Crippen molar-refractivity contribution in [3.05, 3.63) is 29.6 Å². The van der Waals surface area contributed by atoms with Crippen molar-refractivity contribution >= 4 is 11.6 Å². The summed E-state index contributed by atoms with van der Waals surface area (Å²) >= 11 is 0.